The molecular formula is C11H14O3. The Morgan fingerprint density at radius 3 is 2.29 bits per heavy atom. The Kier molecular flexibility index (Phi) is 3.68. The lowest BCUT2D eigenvalue weighted by atomic mass is 10.0. The molecule has 3 heteroatoms. The van der Waals surface area contributed by atoms with E-state index >= 15 is 0 Å². The lowest BCUT2D eigenvalue weighted by Crippen LogP contribution is -2.14. The second kappa shape index (κ2) is 4.79. The Morgan fingerprint density at radius 1 is 1.29 bits per heavy atom. The second-order valence-corrected chi connectivity index (χ2v) is 2.94. The Hall–Kier alpha value is -1.32. The topological polar surface area (TPSA) is 49.7 Å². The molecule has 76 valence electrons. The summed E-state index contributed by atoms with van der Waals surface area (Å²) in [6, 6.07) is 6.87. The Morgan fingerprint density at radius 2 is 1.86 bits per heavy atom. The van der Waals surface area contributed by atoms with E-state index in [0.717, 1.165) is 0 Å². The van der Waals surface area contributed by atoms with Gasteiger partial charge in [-0.2, -0.15) is 0 Å². The van der Waals surface area contributed by atoms with Gasteiger partial charge in [-0.3, -0.25) is 0 Å². The molecule has 0 bridgehead atoms. The highest BCUT2D eigenvalue weighted by molar-refractivity contribution is 5.29. The molecule has 1 rings (SSSR count). The van der Waals surface area contributed by atoms with Crippen molar-refractivity contribution in [1.29, 1.82) is 0 Å². The largest absolute Gasteiger partial charge is 0.497 e. The molecule has 0 aromatic heterocycles. The van der Waals surface area contributed by atoms with Gasteiger partial charge in [0.1, 0.15) is 18.0 Å². The molecule has 0 aliphatic heterocycles. The van der Waals surface area contributed by atoms with E-state index in [2.05, 4.69) is 6.58 Å². The van der Waals surface area contributed by atoms with Crippen molar-refractivity contribution in [2.45, 2.75) is 12.2 Å². The van der Waals surface area contributed by atoms with Crippen LogP contribution in [-0.2, 0) is 0 Å². The second-order valence-electron chi connectivity index (χ2n) is 2.94. The van der Waals surface area contributed by atoms with Gasteiger partial charge in [0.05, 0.1) is 7.11 Å². The van der Waals surface area contributed by atoms with Crippen molar-refractivity contribution >= 4 is 0 Å². The zero-order valence-electron chi connectivity index (χ0n) is 8.05. The summed E-state index contributed by atoms with van der Waals surface area (Å²) >= 11 is 0. The standard InChI is InChI=1S/C11H14O3/c1-3-10(12)11(13)8-4-6-9(14-2)7-5-8/h3-7,10-13H,1H2,2H3/t10-,11+/m0/s1. The molecule has 0 aliphatic carbocycles. The van der Waals surface area contributed by atoms with E-state index < -0.39 is 12.2 Å². The quantitative estimate of drug-likeness (QED) is 0.710. The van der Waals surface area contributed by atoms with Crippen LogP contribution in [0.1, 0.15) is 11.7 Å². The third-order valence-corrected chi connectivity index (χ3v) is 2.02. The molecule has 1 aromatic rings. The van der Waals surface area contributed by atoms with Gasteiger partial charge in [0, 0.05) is 0 Å². The molecule has 0 fully saturated rings. The van der Waals surface area contributed by atoms with Gasteiger partial charge < -0.3 is 14.9 Å². The maximum Gasteiger partial charge on any atom is 0.118 e. The van der Waals surface area contributed by atoms with Crippen molar-refractivity contribution in [3.8, 4) is 5.75 Å². The summed E-state index contributed by atoms with van der Waals surface area (Å²) in [7, 11) is 1.57. The van der Waals surface area contributed by atoms with Crippen LogP contribution in [0.2, 0.25) is 0 Å². The first kappa shape index (κ1) is 10.8. The number of hydrogen-bond acceptors (Lipinski definition) is 3. The maximum atomic E-state index is 9.59. The lowest BCUT2D eigenvalue weighted by Gasteiger charge is -2.14. The number of rotatable bonds is 4. The molecule has 1 aromatic carbocycles. The third-order valence-electron chi connectivity index (χ3n) is 2.02. The van der Waals surface area contributed by atoms with Crippen LogP contribution in [-0.4, -0.2) is 23.4 Å². The van der Waals surface area contributed by atoms with E-state index in [1.165, 1.54) is 6.08 Å². The fraction of sp³-hybridized carbons (Fsp3) is 0.273. The monoisotopic (exact) mass is 194 g/mol. The van der Waals surface area contributed by atoms with Gasteiger partial charge in [0.25, 0.3) is 0 Å². The molecule has 0 aliphatic rings. The van der Waals surface area contributed by atoms with Crippen LogP contribution >= 0.6 is 0 Å². The highest BCUT2D eigenvalue weighted by atomic mass is 16.5. The summed E-state index contributed by atoms with van der Waals surface area (Å²) in [6.45, 7) is 3.41. The average molecular weight is 194 g/mol. The van der Waals surface area contributed by atoms with Crippen LogP contribution in [0, 0.1) is 0 Å². The SMILES string of the molecule is C=C[C@H](O)[C@H](O)c1ccc(OC)cc1. The molecule has 0 unspecified atom stereocenters. The van der Waals surface area contributed by atoms with E-state index in [1.807, 2.05) is 0 Å². The highest BCUT2D eigenvalue weighted by Crippen LogP contribution is 2.20. The summed E-state index contributed by atoms with van der Waals surface area (Å²) in [4.78, 5) is 0. The number of ether oxygens (including phenoxy) is 1. The van der Waals surface area contributed by atoms with E-state index in [1.54, 1.807) is 31.4 Å². The number of benzene rings is 1. The number of methoxy groups -OCH3 is 1. The molecule has 2 N–H and O–H groups in total. The smallest absolute Gasteiger partial charge is 0.118 e. The minimum absolute atomic E-state index is 0.637. The van der Waals surface area contributed by atoms with Gasteiger partial charge in [-0.1, -0.05) is 18.2 Å². The number of hydrogen-bond donors (Lipinski definition) is 2. The van der Waals surface area contributed by atoms with Gasteiger partial charge in [-0.25, -0.2) is 0 Å². The summed E-state index contributed by atoms with van der Waals surface area (Å²) in [5, 5.41) is 18.9. The fourth-order valence-corrected chi connectivity index (χ4v) is 1.13. The van der Waals surface area contributed by atoms with Crippen LogP contribution in [0.5, 0.6) is 5.75 Å². The van der Waals surface area contributed by atoms with Gasteiger partial charge in [-0.05, 0) is 17.7 Å². The molecule has 0 amide bonds. The summed E-state index contributed by atoms with van der Waals surface area (Å²) in [6.07, 6.45) is -0.573. The van der Waals surface area contributed by atoms with Crippen LogP contribution < -0.4 is 4.74 Å². The minimum atomic E-state index is -0.941. The highest BCUT2D eigenvalue weighted by Gasteiger charge is 2.14. The zero-order valence-corrected chi connectivity index (χ0v) is 8.05. The Balaban J connectivity index is 2.80. The molecule has 2 atom stereocenters. The molecule has 0 saturated carbocycles. The Labute approximate surface area is 83.3 Å². The number of aliphatic hydroxyl groups is 2. The van der Waals surface area contributed by atoms with Crippen LogP contribution in [0.4, 0.5) is 0 Å². The van der Waals surface area contributed by atoms with Crippen molar-refractivity contribution < 1.29 is 14.9 Å². The predicted molar refractivity (Wildman–Crippen MR) is 54.2 cm³/mol. The maximum absolute atomic E-state index is 9.59. The molecule has 0 spiro atoms. The fourth-order valence-electron chi connectivity index (χ4n) is 1.13. The van der Waals surface area contributed by atoms with Crippen molar-refractivity contribution in [2.24, 2.45) is 0 Å². The van der Waals surface area contributed by atoms with E-state index in [9.17, 15) is 10.2 Å². The normalized spacial score (nSPS) is 14.5. The first-order valence-electron chi connectivity index (χ1n) is 4.31. The minimum Gasteiger partial charge on any atom is -0.497 e. The third kappa shape index (κ3) is 2.34. The Bertz CT molecular complexity index is 292. The van der Waals surface area contributed by atoms with Crippen molar-refractivity contribution in [1.82, 2.24) is 0 Å². The first-order chi connectivity index (χ1) is 6.69. The molecule has 0 radical (unpaired) electrons. The lowest BCUT2D eigenvalue weighted by molar-refractivity contribution is 0.0484. The van der Waals surface area contributed by atoms with Gasteiger partial charge in [0.2, 0.25) is 0 Å². The van der Waals surface area contributed by atoms with E-state index in [4.69, 9.17) is 4.74 Å². The predicted octanol–water partition coefficient (Wildman–Crippen LogP) is 1.28. The summed E-state index contributed by atoms with van der Waals surface area (Å²) in [5.41, 5.74) is 0.637. The van der Waals surface area contributed by atoms with Crippen LogP contribution in [0.25, 0.3) is 0 Å². The van der Waals surface area contributed by atoms with Gasteiger partial charge in [0.15, 0.2) is 0 Å². The zero-order chi connectivity index (χ0) is 10.6. The number of aliphatic hydroxyl groups excluding tert-OH is 2. The molecular weight excluding hydrogens is 180 g/mol. The van der Waals surface area contributed by atoms with Crippen molar-refractivity contribution in [2.75, 3.05) is 7.11 Å². The van der Waals surface area contributed by atoms with Gasteiger partial charge >= 0.3 is 0 Å². The molecule has 0 saturated heterocycles. The molecule has 14 heavy (non-hydrogen) atoms. The van der Waals surface area contributed by atoms with Crippen molar-refractivity contribution in [3.63, 3.8) is 0 Å². The first-order valence-corrected chi connectivity index (χ1v) is 4.31. The van der Waals surface area contributed by atoms with E-state index in [0.29, 0.717) is 11.3 Å². The molecule has 0 heterocycles. The summed E-state index contributed by atoms with van der Waals surface area (Å²) in [5.74, 6) is 0.717. The van der Waals surface area contributed by atoms with Crippen LogP contribution in [0.3, 0.4) is 0 Å². The van der Waals surface area contributed by atoms with Crippen molar-refractivity contribution in [3.05, 3.63) is 42.5 Å². The van der Waals surface area contributed by atoms with Gasteiger partial charge in [-0.15, -0.1) is 6.58 Å². The van der Waals surface area contributed by atoms with Crippen LogP contribution in [0.15, 0.2) is 36.9 Å². The molecule has 3 nitrogen and oxygen atoms in total. The van der Waals surface area contributed by atoms with E-state index in [-0.39, 0.29) is 0 Å². The summed E-state index contributed by atoms with van der Waals surface area (Å²) < 4.78 is 4.97. The average Bonchev–Trinajstić information content (AvgIpc) is 2.27.